The maximum atomic E-state index is 12.4. The summed E-state index contributed by atoms with van der Waals surface area (Å²) in [6, 6.07) is 5.95. The van der Waals surface area contributed by atoms with Crippen molar-refractivity contribution in [1.82, 2.24) is 10.6 Å². The summed E-state index contributed by atoms with van der Waals surface area (Å²) in [6.07, 6.45) is 3.33. The molecule has 2 atom stereocenters. The second-order valence-electron chi connectivity index (χ2n) is 5.31. The van der Waals surface area contributed by atoms with Crippen LogP contribution in [0.5, 0.6) is 0 Å². The Kier molecular flexibility index (Phi) is 5.31. The maximum absolute atomic E-state index is 12.4. The molecule has 1 aromatic carbocycles. The summed E-state index contributed by atoms with van der Waals surface area (Å²) in [5.74, 6) is 0.608. The normalized spacial score (nSPS) is 17.1. The van der Waals surface area contributed by atoms with Gasteiger partial charge in [-0.3, -0.25) is 9.00 Å². The summed E-state index contributed by atoms with van der Waals surface area (Å²) in [4.78, 5) is 12.4. The zero-order chi connectivity index (χ0) is 14.5. The van der Waals surface area contributed by atoms with E-state index in [9.17, 15) is 9.00 Å². The van der Waals surface area contributed by atoms with Crippen LogP contribution in [0.4, 0.5) is 0 Å². The molecule has 20 heavy (non-hydrogen) atoms. The van der Waals surface area contributed by atoms with E-state index in [2.05, 4.69) is 16.7 Å². The average molecular weight is 294 g/mol. The quantitative estimate of drug-likeness (QED) is 0.858. The van der Waals surface area contributed by atoms with Gasteiger partial charge in [0.1, 0.15) is 0 Å². The minimum Gasteiger partial charge on any atom is -0.350 e. The zero-order valence-electron chi connectivity index (χ0n) is 12.1. The number of fused-ring (bicyclic) bond motifs is 1. The van der Waals surface area contributed by atoms with E-state index in [1.165, 1.54) is 5.56 Å². The first-order valence-corrected chi connectivity index (χ1v) is 8.73. The van der Waals surface area contributed by atoms with E-state index in [1.807, 2.05) is 19.1 Å². The van der Waals surface area contributed by atoms with Gasteiger partial charge in [0.25, 0.3) is 5.91 Å². The highest BCUT2D eigenvalue weighted by atomic mass is 32.2. The van der Waals surface area contributed by atoms with Gasteiger partial charge in [-0.05, 0) is 43.5 Å². The van der Waals surface area contributed by atoms with E-state index in [0.29, 0.717) is 5.75 Å². The van der Waals surface area contributed by atoms with Gasteiger partial charge in [-0.25, -0.2) is 0 Å². The molecule has 5 heteroatoms. The van der Waals surface area contributed by atoms with E-state index >= 15 is 0 Å². The second kappa shape index (κ2) is 6.99. The lowest BCUT2D eigenvalue weighted by atomic mass is 9.95. The fourth-order valence-corrected chi connectivity index (χ4v) is 3.15. The van der Waals surface area contributed by atoms with Crippen LogP contribution in [0.15, 0.2) is 18.2 Å². The van der Waals surface area contributed by atoms with Crippen molar-refractivity contribution >= 4 is 16.7 Å². The van der Waals surface area contributed by atoms with Crippen molar-refractivity contribution < 1.29 is 9.00 Å². The van der Waals surface area contributed by atoms with Crippen LogP contribution in [-0.4, -0.2) is 34.7 Å². The standard InChI is InChI=1S/C15H22N2O2S/c1-11(7-9-20(2)19)17-15(18)14-5-3-4-12-10-16-8-6-13(12)14/h3-5,11,16H,6-10H2,1-2H3,(H,17,18). The predicted octanol–water partition coefficient (Wildman–Crippen LogP) is 1.22. The third-order valence-electron chi connectivity index (χ3n) is 3.60. The van der Waals surface area contributed by atoms with Crippen molar-refractivity contribution in [2.24, 2.45) is 0 Å². The van der Waals surface area contributed by atoms with Crippen LogP contribution in [-0.2, 0) is 23.8 Å². The lowest BCUT2D eigenvalue weighted by Crippen LogP contribution is -2.35. The van der Waals surface area contributed by atoms with Crippen LogP contribution in [0.2, 0.25) is 0 Å². The van der Waals surface area contributed by atoms with Crippen LogP contribution in [0.1, 0.15) is 34.8 Å². The number of rotatable bonds is 5. The highest BCUT2D eigenvalue weighted by molar-refractivity contribution is 7.84. The van der Waals surface area contributed by atoms with Crippen molar-refractivity contribution in [2.45, 2.75) is 32.4 Å². The van der Waals surface area contributed by atoms with Gasteiger partial charge in [0.05, 0.1) is 0 Å². The second-order valence-corrected chi connectivity index (χ2v) is 6.87. The van der Waals surface area contributed by atoms with Gasteiger partial charge in [-0.2, -0.15) is 0 Å². The molecule has 110 valence electrons. The number of nitrogens with one attached hydrogen (secondary N) is 2. The minimum atomic E-state index is -0.807. The summed E-state index contributed by atoms with van der Waals surface area (Å²) in [6.45, 7) is 3.71. The Bertz CT molecular complexity index is 517. The third kappa shape index (κ3) is 3.90. The molecule has 0 aromatic heterocycles. The van der Waals surface area contributed by atoms with Crippen molar-refractivity contribution in [2.75, 3.05) is 18.6 Å². The molecule has 1 aliphatic rings. The largest absolute Gasteiger partial charge is 0.350 e. The van der Waals surface area contributed by atoms with Gasteiger partial charge in [-0.15, -0.1) is 0 Å². The molecule has 0 bridgehead atoms. The molecule has 1 heterocycles. The van der Waals surface area contributed by atoms with Gasteiger partial charge in [0.15, 0.2) is 0 Å². The first-order valence-electron chi connectivity index (χ1n) is 7.00. The molecule has 2 rings (SSSR count). The molecular formula is C15H22N2O2S. The highest BCUT2D eigenvalue weighted by Crippen LogP contribution is 2.18. The molecule has 1 aromatic rings. The molecule has 0 spiro atoms. The lowest BCUT2D eigenvalue weighted by molar-refractivity contribution is 0.0938. The number of amides is 1. The Labute approximate surface area is 122 Å². The summed E-state index contributed by atoms with van der Waals surface area (Å²) < 4.78 is 11.1. The Morgan fingerprint density at radius 2 is 2.30 bits per heavy atom. The first kappa shape index (κ1) is 15.2. The van der Waals surface area contributed by atoms with Gasteiger partial charge in [0, 0.05) is 41.0 Å². The highest BCUT2D eigenvalue weighted by Gasteiger charge is 2.18. The minimum absolute atomic E-state index is 0.0156. The topological polar surface area (TPSA) is 58.2 Å². The van der Waals surface area contributed by atoms with Crippen LogP contribution in [0.3, 0.4) is 0 Å². The van der Waals surface area contributed by atoms with E-state index in [4.69, 9.17) is 0 Å². The number of hydrogen-bond acceptors (Lipinski definition) is 3. The number of carbonyl (C=O) groups excluding carboxylic acids is 1. The Hall–Kier alpha value is -1.20. The Morgan fingerprint density at radius 1 is 1.50 bits per heavy atom. The van der Waals surface area contributed by atoms with Gasteiger partial charge >= 0.3 is 0 Å². The Morgan fingerprint density at radius 3 is 3.05 bits per heavy atom. The fraction of sp³-hybridized carbons (Fsp3) is 0.533. The first-order chi connectivity index (χ1) is 9.58. The van der Waals surface area contributed by atoms with Gasteiger partial charge in [0.2, 0.25) is 0 Å². The van der Waals surface area contributed by atoms with Crippen LogP contribution in [0.25, 0.3) is 0 Å². The van der Waals surface area contributed by atoms with E-state index in [1.54, 1.807) is 6.26 Å². The van der Waals surface area contributed by atoms with Crippen molar-refractivity contribution in [3.05, 3.63) is 34.9 Å². The molecule has 2 N–H and O–H groups in total. The number of hydrogen-bond donors (Lipinski definition) is 2. The molecule has 4 nitrogen and oxygen atoms in total. The monoisotopic (exact) mass is 294 g/mol. The van der Waals surface area contributed by atoms with Crippen LogP contribution < -0.4 is 10.6 Å². The fourth-order valence-electron chi connectivity index (χ4n) is 2.46. The van der Waals surface area contributed by atoms with Crippen molar-refractivity contribution in [3.63, 3.8) is 0 Å². The van der Waals surface area contributed by atoms with E-state index in [0.717, 1.165) is 37.1 Å². The van der Waals surface area contributed by atoms with Crippen molar-refractivity contribution in [1.29, 1.82) is 0 Å². The Balaban J connectivity index is 2.04. The molecular weight excluding hydrogens is 272 g/mol. The van der Waals surface area contributed by atoms with Crippen molar-refractivity contribution in [3.8, 4) is 0 Å². The molecule has 0 fully saturated rings. The number of carbonyl (C=O) groups is 1. The molecule has 0 radical (unpaired) electrons. The van der Waals surface area contributed by atoms with Gasteiger partial charge < -0.3 is 10.6 Å². The average Bonchev–Trinajstić information content (AvgIpc) is 2.44. The SMILES string of the molecule is CC(CCS(C)=O)NC(=O)c1cccc2c1CCNC2. The van der Waals surface area contributed by atoms with E-state index < -0.39 is 10.8 Å². The summed E-state index contributed by atoms with van der Waals surface area (Å²) in [7, 11) is -0.807. The lowest BCUT2D eigenvalue weighted by Gasteiger charge is -2.21. The summed E-state index contributed by atoms with van der Waals surface area (Å²) in [5.41, 5.74) is 3.16. The smallest absolute Gasteiger partial charge is 0.251 e. The molecule has 1 aliphatic heterocycles. The molecule has 0 saturated heterocycles. The summed E-state index contributed by atoms with van der Waals surface area (Å²) >= 11 is 0. The zero-order valence-corrected chi connectivity index (χ0v) is 12.9. The maximum Gasteiger partial charge on any atom is 0.251 e. The molecule has 0 saturated carbocycles. The van der Waals surface area contributed by atoms with E-state index in [-0.39, 0.29) is 11.9 Å². The summed E-state index contributed by atoms with van der Waals surface area (Å²) in [5, 5.41) is 6.32. The molecule has 1 amide bonds. The predicted molar refractivity (Wildman–Crippen MR) is 82.3 cm³/mol. The third-order valence-corrected chi connectivity index (χ3v) is 4.41. The van der Waals surface area contributed by atoms with Gasteiger partial charge in [-0.1, -0.05) is 12.1 Å². The molecule has 2 unspecified atom stereocenters. The number of benzene rings is 1. The van der Waals surface area contributed by atoms with Crippen LogP contribution in [0, 0.1) is 0 Å². The van der Waals surface area contributed by atoms with Crippen LogP contribution >= 0.6 is 0 Å². The molecule has 0 aliphatic carbocycles.